The van der Waals surface area contributed by atoms with Gasteiger partial charge in [0.2, 0.25) is 0 Å². The molecule has 1 rings (SSSR count). The maximum absolute atomic E-state index is 5.85. The van der Waals surface area contributed by atoms with Crippen molar-refractivity contribution < 1.29 is 4.74 Å². The summed E-state index contributed by atoms with van der Waals surface area (Å²) in [7, 11) is 1.94. The number of aromatic nitrogens is 2. The Kier molecular flexibility index (Phi) is 4.62. The van der Waals surface area contributed by atoms with Crippen molar-refractivity contribution in [2.45, 2.75) is 33.4 Å². The van der Waals surface area contributed by atoms with Gasteiger partial charge < -0.3 is 10.1 Å². The monoisotopic (exact) mass is 211 g/mol. The van der Waals surface area contributed by atoms with Gasteiger partial charge in [0.15, 0.2) is 5.75 Å². The van der Waals surface area contributed by atoms with Crippen LogP contribution in [0.2, 0.25) is 0 Å². The van der Waals surface area contributed by atoms with Gasteiger partial charge in [-0.25, -0.2) is 0 Å². The highest BCUT2D eigenvalue weighted by Gasteiger charge is 2.14. The lowest BCUT2D eigenvalue weighted by atomic mass is 10.1. The van der Waals surface area contributed by atoms with E-state index in [1.807, 2.05) is 17.9 Å². The second-order valence-electron chi connectivity index (χ2n) is 3.99. The second-order valence-corrected chi connectivity index (χ2v) is 3.99. The van der Waals surface area contributed by atoms with Crippen LogP contribution in [0.1, 0.15) is 20.8 Å². The Hall–Kier alpha value is -1.03. The van der Waals surface area contributed by atoms with E-state index >= 15 is 0 Å². The molecule has 4 nitrogen and oxygen atoms in total. The first-order valence-electron chi connectivity index (χ1n) is 5.51. The maximum Gasteiger partial charge on any atom is 0.157 e. The fraction of sp³-hybridized carbons (Fsp3) is 0.727. The molecule has 1 atom stereocenters. The van der Waals surface area contributed by atoms with Gasteiger partial charge in [-0.05, 0) is 19.9 Å². The van der Waals surface area contributed by atoms with Crippen LogP contribution >= 0.6 is 0 Å². The van der Waals surface area contributed by atoms with Crippen LogP contribution in [0.25, 0.3) is 0 Å². The molecule has 15 heavy (non-hydrogen) atoms. The van der Waals surface area contributed by atoms with Gasteiger partial charge in [-0.1, -0.05) is 13.8 Å². The van der Waals surface area contributed by atoms with E-state index in [4.69, 9.17) is 4.74 Å². The normalized spacial score (nSPS) is 13.1. The molecule has 0 saturated carbocycles. The van der Waals surface area contributed by atoms with Crippen LogP contribution in [0.3, 0.4) is 0 Å². The van der Waals surface area contributed by atoms with Crippen LogP contribution in [0.15, 0.2) is 12.4 Å². The average Bonchev–Trinajstić information content (AvgIpc) is 2.65. The zero-order valence-corrected chi connectivity index (χ0v) is 10.0. The first kappa shape index (κ1) is 12.0. The summed E-state index contributed by atoms with van der Waals surface area (Å²) in [4.78, 5) is 0. The molecule has 1 aromatic rings. The van der Waals surface area contributed by atoms with Gasteiger partial charge in [-0.15, -0.1) is 0 Å². The largest absolute Gasteiger partial charge is 0.486 e. The molecule has 1 heterocycles. The lowest BCUT2D eigenvalue weighted by molar-refractivity contribution is 0.151. The summed E-state index contributed by atoms with van der Waals surface area (Å²) in [5.74, 6) is 1.34. The molecule has 0 spiro atoms. The number of aryl methyl sites for hydroxylation is 1. The third kappa shape index (κ3) is 3.55. The van der Waals surface area contributed by atoms with E-state index < -0.39 is 0 Å². The highest BCUT2D eigenvalue weighted by molar-refractivity contribution is 5.12. The van der Waals surface area contributed by atoms with Crippen LogP contribution in [0, 0.1) is 5.92 Å². The summed E-state index contributed by atoms with van der Waals surface area (Å²) < 4.78 is 7.72. The topological polar surface area (TPSA) is 39.1 Å². The van der Waals surface area contributed by atoms with E-state index in [0.717, 1.165) is 18.8 Å². The molecule has 1 unspecified atom stereocenters. The van der Waals surface area contributed by atoms with Gasteiger partial charge in [0.25, 0.3) is 0 Å². The van der Waals surface area contributed by atoms with Gasteiger partial charge >= 0.3 is 0 Å². The lowest BCUT2D eigenvalue weighted by Crippen LogP contribution is -2.33. The van der Waals surface area contributed by atoms with Gasteiger partial charge in [0.05, 0.1) is 12.4 Å². The highest BCUT2D eigenvalue weighted by atomic mass is 16.5. The van der Waals surface area contributed by atoms with Gasteiger partial charge in [0, 0.05) is 13.1 Å². The number of ether oxygens (including phenoxy) is 1. The third-order valence-electron chi connectivity index (χ3n) is 2.37. The number of hydrogen-bond acceptors (Lipinski definition) is 3. The van der Waals surface area contributed by atoms with Crippen LogP contribution < -0.4 is 10.1 Å². The van der Waals surface area contributed by atoms with E-state index in [1.54, 1.807) is 6.20 Å². The summed E-state index contributed by atoms with van der Waals surface area (Å²) in [6.45, 7) is 8.11. The first-order chi connectivity index (χ1) is 7.17. The highest BCUT2D eigenvalue weighted by Crippen LogP contribution is 2.14. The Morgan fingerprint density at radius 2 is 2.27 bits per heavy atom. The molecule has 0 aliphatic carbocycles. The average molecular weight is 211 g/mol. The SMILES string of the molecule is CCn1cc(OC(CNC)C(C)C)cn1. The molecule has 0 fully saturated rings. The number of nitrogens with zero attached hydrogens (tertiary/aromatic N) is 2. The summed E-state index contributed by atoms with van der Waals surface area (Å²) in [6.07, 6.45) is 3.91. The van der Waals surface area contributed by atoms with Gasteiger partial charge in [-0.3, -0.25) is 4.68 Å². The van der Waals surface area contributed by atoms with Crippen molar-refractivity contribution in [3.8, 4) is 5.75 Å². The van der Waals surface area contributed by atoms with E-state index in [1.165, 1.54) is 0 Å². The van der Waals surface area contributed by atoms with Crippen molar-refractivity contribution in [2.24, 2.45) is 5.92 Å². The molecule has 0 amide bonds. The molecule has 1 N–H and O–H groups in total. The standard InChI is InChI=1S/C11H21N3O/c1-5-14-8-10(6-13-14)15-11(7-12-4)9(2)3/h6,8-9,11-12H,5,7H2,1-4H3. The summed E-state index contributed by atoms with van der Waals surface area (Å²) in [6, 6.07) is 0. The number of likely N-dealkylation sites (N-methyl/N-ethyl adjacent to an activating group) is 1. The molecular weight excluding hydrogens is 190 g/mol. The molecule has 0 aromatic carbocycles. The second kappa shape index (κ2) is 5.75. The Balaban J connectivity index is 2.57. The molecule has 1 aromatic heterocycles. The van der Waals surface area contributed by atoms with Crippen LogP contribution in [0.4, 0.5) is 0 Å². The van der Waals surface area contributed by atoms with Gasteiger partial charge in [0.1, 0.15) is 6.10 Å². The zero-order valence-electron chi connectivity index (χ0n) is 10.0. The van der Waals surface area contributed by atoms with E-state index in [2.05, 4.69) is 31.2 Å². The van der Waals surface area contributed by atoms with Crippen molar-refractivity contribution in [3.63, 3.8) is 0 Å². The predicted molar refractivity (Wildman–Crippen MR) is 61.1 cm³/mol. The quantitative estimate of drug-likeness (QED) is 0.775. The zero-order chi connectivity index (χ0) is 11.3. The molecule has 0 aliphatic heterocycles. The van der Waals surface area contributed by atoms with Crippen molar-refractivity contribution in [1.82, 2.24) is 15.1 Å². The summed E-state index contributed by atoms with van der Waals surface area (Å²) in [5, 5.41) is 7.32. The fourth-order valence-electron chi connectivity index (χ4n) is 1.37. The van der Waals surface area contributed by atoms with E-state index in [-0.39, 0.29) is 6.10 Å². The van der Waals surface area contributed by atoms with Crippen molar-refractivity contribution in [2.75, 3.05) is 13.6 Å². The van der Waals surface area contributed by atoms with Gasteiger partial charge in [-0.2, -0.15) is 5.10 Å². The molecule has 0 bridgehead atoms. The Bertz CT molecular complexity index is 283. The van der Waals surface area contributed by atoms with Crippen molar-refractivity contribution in [1.29, 1.82) is 0 Å². The minimum Gasteiger partial charge on any atom is -0.486 e. The third-order valence-corrected chi connectivity index (χ3v) is 2.37. The molecular formula is C11H21N3O. The minimum atomic E-state index is 0.199. The summed E-state index contributed by atoms with van der Waals surface area (Å²) >= 11 is 0. The number of hydrogen-bond donors (Lipinski definition) is 1. The Morgan fingerprint density at radius 3 is 2.73 bits per heavy atom. The Labute approximate surface area is 91.6 Å². The lowest BCUT2D eigenvalue weighted by Gasteiger charge is -2.21. The number of nitrogens with one attached hydrogen (secondary N) is 1. The molecule has 86 valence electrons. The smallest absolute Gasteiger partial charge is 0.157 e. The molecule has 0 radical (unpaired) electrons. The van der Waals surface area contributed by atoms with E-state index in [9.17, 15) is 0 Å². The first-order valence-corrected chi connectivity index (χ1v) is 5.51. The molecule has 0 saturated heterocycles. The molecule has 0 aliphatic rings. The summed E-state index contributed by atoms with van der Waals surface area (Å²) in [5.41, 5.74) is 0. The van der Waals surface area contributed by atoms with Crippen LogP contribution in [-0.2, 0) is 6.54 Å². The van der Waals surface area contributed by atoms with E-state index in [0.29, 0.717) is 5.92 Å². The van der Waals surface area contributed by atoms with Crippen LogP contribution in [0.5, 0.6) is 5.75 Å². The number of rotatable bonds is 6. The minimum absolute atomic E-state index is 0.199. The predicted octanol–water partition coefficient (Wildman–Crippen LogP) is 1.53. The fourth-order valence-corrected chi connectivity index (χ4v) is 1.37. The maximum atomic E-state index is 5.85. The van der Waals surface area contributed by atoms with Crippen molar-refractivity contribution >= 4 is 0 Å². The van der Waals surface area contributed by atoms with Crippen LogP contribution in [-0.4, -0.2) is 29.5 Å². The Morgan fingerprint density at radius 1 is 1.53 bits per heavy atom. The van der Waals surface area contributed by atoms with Crippen molar-refractivity contribution in [3.05, 3.63) is 12.4 Å². The molecule has 4 heteroatoms.